The topological polar surface area (TPSA) is 109 Å². The zero-order valence-electron chi connectivity index (χ0n) is 22.4. The molecule has 2 amide bonds. The zero-order valence-corrected chi connectivity index (χ0v) is 22.4. The lowest BCUT2D eigenvalue weighted by atomic mass is 9.80. The molecule has 2 heterocycles. The Hall–Kier alpha value is -3.33. The number of anilines is 1. The van der Waals surface area contributed by atoms with Crippen LogP contribution in [-0.4, -0.2) is 43.8 Å². The van der Waals surface area contributed by atoms with Crippen molar-refractivity contribution in [3.8, 4) is 11.1 Å². The van der Waals surface area contributed by atoms with E-state index in [0.717, 1.165) is 41.5 Å². The molecule has 2 aromatic heterocycles. The number of carbonyl (C=O) groups is 2. The number of aryl methyl sites for hydroxylation is 2. The number of fused-ring (bicyclic) bond motifs is 1. The molecule has 0 spiro atoms. The predicted octanol–water partition coefficient (Wildman–Crippen LogP) is 4.59. The largest absolute Gasteiger partial charge is 0.393 e. The maximum absolute atomic E-state index is 15.1. The van der Waals surface area contributed by atoms with Crippen LogP contribution in [0.2, 0.25) is 0 Å². The average molecular weight is 522 g/mol. The quantitative estimate of drug-likeness (QED) is 0.440. The summed E-state index contributed by atoms with van der Waals surface area (Å²) in [6.45, 7) is 6.04. The Bertz CT molecular complexity index is 1380. The van der Waals surface area contributed by atoms with E-state index < -0.39 is 0 Å². The highest BCUT2D eigenvalue weighted by Gasteiger charge is 2.35. The van der Waals surface area contributed by atoms with Crippen molar-refractivity contribution in [3.05, 3.63) is 41.5 Å². The average Bonchev–Trinajstić information content (AvgIpc) is 3.20. The van der Waals surface area contributed by atoms with Crippen LogP contribution in [0.4, 0.5) is 10.2 Å². The van der Waals surface area contributed by atoms with Crippen molar-refractivity contribution >= 4 is 28.5 Å². The Morgan fingerprint density at radius 2 is 1.87 bits per heavy atom. The maximum atomic E-state index is 15.1. The van der Waals surface area contributed by atoms with E-state index in [9.17, 15) is 14.7 Å². The van der Waals surface area contributed by atoms with Gasteiger partial charge in [0, 0.05) is 42.2 Å². The zero-order chi connectivity index (χ0) is 27.1. The fourth-order valence-corrected chi connectivity index (χ4v) is 5.93. The molecular formula is C29H36FN5O3. The molecule has 2 fully saturated rings. The van der Waals surface area contributed by atoms with E-state index >= 15 is 4.39 Å². The Morgan fingerprint density at radius 3 is 2.58 bits per heavy atom. The summed E-state index contributed by atoms with van der Waals surface area (Å²) < 4.78 is 16.8. The second kappa shape index (κ2) is 10.4. The first-order chi connectivity index (χ1) is 18.1. The van der Waals surface area contributed by atoms with Gasteiger partial charge in [0.1, 0.15) is 11.3 Å². The number of aliphatic hydroxyl groups excluding tert-OH is 1. The number of hydrogen-bond acceptors (Lipinski definition) is 5. The van der Waals surface area contributed by atoms with Gasteiger partial charge in [0.15, 0.2) is 5.82 Å². The first-order valence-corrected chi connectivity index (χ1v) is 13.5. The molecule has 3 aromatic rings. The molecule has 2 aliphatic carbocycles. The minimum Gasteiger partial charge on any atom is -0.393 e. The van der Waals surface area contributed by atoms with Crippen LogP contribution >= 0.6 is 0 Å². The van der Waals surface area contributed by atoms with E-state index in [2.05, 4.69) is 34.6 Å². The van der Waals surface area contributed by atoms with E-state index in [0.29, 0.717) is 36.2 Å². The molecule has 38 heavy (non-hydrogen) atoms. The van der Waals surface area contributed by atoms with Gasteiger partial charge < -0.3 is 15.7 Å². The summed E-state index contributed by atoms with van der Waals surface area (Å²) in [5, 5.41) is 20.7. The molecular weight excluding hydrogens is 485 g/mol. The third-order valence-electron chi connectivity index (χ3n) is 8.03. The lowest BCUT2D eigenvalue weighted by molar-refractivity contribution is -0.133. The predicted molar refractivity (Wildman–Crippen MR) is 144 cm³/mol. The van der Waals surface area contributed by atoms with Crippen molar-refractivity contribution in [2.45, 2.75) is 77.4 Å². The van der Waals surface area contributed by atoms with Crippen molar-refractivity contribution < 1.29 is 19.1 Å². The summed E-state index contributed by atoms with van der Waals surface area (Å²) in [4.78, 5) is 30.0. The molecule has 0 radical (unpaired) electrons. The van der Waals surface area contributed by atoms with Gasteiger partial charge in [-0.2, -0.15) is 5.10 Å². The van der Waals surface area contributed by atoms with Gasteiger partial charge in [0.25, 0.3) is 0 Å². The monoisotopic (exact) mass is 521 g/mol. The smallest absolute Gasteiger partial charge is 0.228 e. The molecule has 0 bridgehead atoms. The lowest BCUT2D eigenvalue weighted by Gasteiger charge is -2.34. The molecule has 2 saturated carbocycles. The normalized spacial score (nSPS) is 23.3. The highest BCUT2D eigenvalue weighted by molar-refractivity contribution is 5.93. The fraction of sp³-hybridized carbons (Fsp3) is 0.517. The minimum absolute atomic E-state index is 0.0235. The summed E-state index contributed by atoms with van der Waals surface area (Å²) in [6.07, 6.45) is 5.37. The van der Waals surface area contributed by atoms with Crippen LogP contribution in [-0.2, 0) is 16.6 Å². The SMILES string of the molecule is Cc1cnc(NC(=O)[C@H]2CCC[C@@H](NC(=O)[C@H]3C[C@@H](O)C3)C2)cc1-c1cc(F)c2nn(C)c(C(C)C)c2c1. The first-order valence-electron chi connectivity index (χ1n) is 13.5. The van der Waals surface area contributed by atoms with E-state index in [1.54, 1.807) is 16.9 Å². The van der Waals surface area contributed by atoms with Crippen molar-refractivity contribution in [1.82, 2.24) is 20.1 Å². The van der Waals surface area contributed by atoms with Crippen molar-refractivity contribution in [2.75, 3.05) is 5.32 Å². The number of aromatic nitrogens is 3. The number of benzene rings is 1. The molecule has 2 aliphatic rings. The summed E-state index contributed by atoms with van der Waals surface area (Å²) in [5.74, 6) is -0.287. The highest BCUT2D eigenvalue weighted by atomic mass is 19.1. The van der Waals surface area contributed by atoms with Crippen molar-refractivity contribution in [2.24, 2.45) is 18.9 Å². The van der Waals surface area contributed by atoms with Crippen LogP contribution in [0.3, 0.4) is 0 Å². The van der Waals surface area contributed by atoms with Gasteiger partial charge in [-0.3, -0.25) is 14.3 Å². The number of pyridine rings is 1. The number of hydrogen-bond donors (Lipinski definition) is 3. The van der Waals surface area contributed by atoms with E-state index in [4.69, 9.17) is 0 Å². The molecule has 5 rings (SSSR count). The molecule has 0 aliphatic heterocycles. The fourth-order valence-electron chi connectivity index (χ4n) is 5.93. The third kappa shape index (κ3) is 5.16. The number of nitrogens with one attached hydrogen (secondary N) is 2. The van der Waals surface area contributed by atoms with Crippen LogP contribution in [0.25, 0.3) is 22.0 Å². The summed E-state index contributed by atoms with van der Waals surface area (Å²) in [5.41, 5.74) is 3.70. The van der Waals surface area contributed by atoms with Crippen LogP contribution < -0.4 is 10.6 Å². The van der Waals surface area contributed by atoms with Gasteiger partial charge in [-0.1, -0.05) is 20.3 Å². The minimum atomic E-state index is -0.381. The molecule has 0 unspecified atom stereocenters. The number of amides is 2. The standard InChI is InChI=1S/C29H36FN5O3/c1-15(2)27-23-11-18(12-24(30)26(23)34-35(27)4)22-13-25(31-14-16(22)3)33-28(37)17-6-5-7-20(8-17)32-29(38)19-9-21(36)10-19/h11-15,17,19-21,36H,5-10H2,1-4H3,(H,32,38)(H,31,33,37)/t17-,19-,20+,21+/m0/s1. The second-order valence-electron chi connectivity index (χ2n) is 11.3. The Morgan fingerprint density at radius 1 is 1.11 bits per heavy atom. The number of nitrogens with zero attached hydrogens (tertiary/aromatic N) is 3. The Kier molecular flexibility index (Phi) is 7.22. The molecule has 3 N–H and O–H groups in total. The Labute approximate surface area is 222 Å². The molecule has 202 valence electrons. The number of carbonyl (C=O) groups excluding carboxylic acids is 2. The molecule has 1 aromatic carbocycles. The molecule has 8 nitrogen and oxygen atoms in total. The molecule has 0 saturated heterocycles. The maximum Gasteiger partial charge on any atom is 0.228 e. The summed E-state index contributed by atoms with van der Waals surface area (Å²) in [7, 11) is 1.83. The van der Waals surface area contributed by atoms with E-state index in [1.807, 2.05) is 20.0 Å². The number of aliphatic hydroxyl groups is 1. The first kappa shape index (κ1) is 26.3. The molecule has 9 heteroatoms. The Balaban J connectivity index is 1.32. The van der Waals surface area contributed by atoms with E-state index in [-0.39, 0.29) is 47.5 Å². The summed E-state index contributed by atoms with van der Waals surface area (Å²) >= 11 is 0. The highest BCUT2D eigenvalue weighted by Crippen LogP contribution is 2.34. The van der Waals surface area contributed by atoms with Gasteiger partial charge in [-0.15, -0.1) is 0 Å². The van der Waals surface area contributed by atoms with Crippen molar-refractivity contribution in [1.29, 1.82) is 0 Å². The van der Waals surface area contributed by atoms with Gasteiger partial charge in [-0.05, 0) is 79.8 Å². The third-order valence-corrected chi connectivity index (χ3v) is 8.03. The van der Waals surface area contributed by atoms with Gasteiger partial charge in [0.2, 0.25) is 11.8 Å². The van der Waals surface area contributed by atoms with Crippen LogP contribution in [0.15, 0.2) is 24.4 Å². The van der Waals surface area contributed by atoms with Crippen molar-refractivity contribution in [3.63, 3.8) is 0 Å². The van der Waals surface area contributed by atoms with Crippen LogP contribution in [0.5, 0.6) is 0 Å². The van der Waals surface area contributed by atoms with Gasteiger partial charge in [0.05, 0.1) is 6.10 Å². The number of rotatable bonds is 6. The summed E-state index contributed by atoms with van der Waals surface area (Å²) in [6, 6.07) is 5.20. The van der Waals surface area contributed by atoms with Gasteiger partial charge >= 0.3 is 0 Å². The second-order valence-corrected chi connectivity index (χ2v) is 11.3. The van der Waals surface area contributed by atoms with Crippen LogP contribution in [0.1, 0.15) is 69.5 Å². The van der Waals surface area contributed by atoms with E-state index in [1.165, 1.54) is 6.07 Å². The van der Waals surface area contributed by atoms with Crippen LogP contribution in [0, 0.1) is 24.6 Å². The lowest BCUT2D eigenvalue weighted by Crippen LogP contribution is -2.47. The number of halogens is 1. The molecule has 2 atom stereocenters. The van der Waals surface area contributed by atoms with Gasteiger partial charge in [-0.25, -0.2) is 9.37 Å².